The fourth-order valence-electron chi connectivity index (χ4n) is 1.77. The van der Waals surface area contributed by atoms with Crippen molar-refractivity contribution >= 4 is 33.4 Å². The average Bonchev–Trinajstić information content (AvgIpc) is 2.95. The Bertz CT molecular complexity index is 707. The molecule has 2 rings (SSSR count). The quantitative estimate of drug-likeness (QED) is 0.786. The van der Waals surface area contributed by atoms with Crippen LogP contribution in [0.25, 0.3) is 10.2 Å². The molecule has 112 valence electrons. The van der Waals surface area contributed by atoms with Gasteiger partial charge in [-0.15, -0.1) is 11.3 Å². The summed E-state index contributed by atoms with van der Waals surface area (Å²) >= 11 is 1.40. The summed E-state index contributed by atoms with van der Waals surface area (Å²) in [7, 11) is 1.30. The number of aromatic nitrogens is 2. The van der Waals surface area contributed by atoms with Crippen LogP contribution in [0.5, 0.6) is 0 Å². The maximum Gasteiger partial charge on any atom is 0.307 e. The van der Waals surface area contributed by atoms with Gasteiger partial charge in [0.15, 0.2) is 0 Å². The lowest BCUT2D eigenvalue weighted by Crippen LogP contribution is -2.29. The van der Waals surface area contributed by atoms with Gasteiger partial charge in [0.1, 0.15) is 4.83 Å². The second-order valence-corrected chi connectivity index (χ2v) is 5.20. The number of nitrogens with one attached hydrogen (secondary N) is 1. The number of carbonyl (C=O) groups excluding carboxylic acids is 2. The summed E-state index contributed by atoms with van der Waals surface area (Å²) in [6.45, 7) is 0.476. The van der Waals surface area contributed by atoms with Crippen LogP contribution in [0.4, 0.5) is 0 Å². The van der Waals surface area contributed by atoms with Crippen LogP contribution in [0.15, 0.2) is 22.6 Å². The van der Waals surface area contributed by atoms with Gasteiger partial charge in [-0.3, -0.25) is 19.0 Å². The van der Waals surface area contributed by atoms with Gasteiger partial charge in [-0.2, -0.15) is 0 Å². The number of ether oxygens (including phenoxy) is 1. The van der Waals surface area contributed by atoms with Crippen LogP contribution in [-0.4, -0.2) is 35.1 Å². The number of aryl methyl sites for hydroxylation is 1. The molecule has 8 heteroatoms. The molecular weight excluding hydrogens is 294 g/mol. The van der Waals surface area contributed by atoms with Crippen LogP contribution in [-0.2, 0) is 20.9 Å². The molecule has 2 aromatic rings. The fraction of sp³-hybridized carbons (Fsp3) is 0.385. The maximum atomic E-state index is 12.1. The van der Waals surface area contributed by atoms with Crippen molar-refractivity contribution in [2.24, 2.45) is 0 Å². The van der Waals surface area contributed by atoms with Crippen molar-refractivity contribution in [3.8, 4) is 0 Å². The Balaban J connectivity index is 1.87. The summed E-state index contributed by atoms with van der Waals surface area (Å²) in [5.74, 6) is -0.602. The van der Waals surface area contributed by atoms with E-state index in [-0.39, 0.29) is 43.4 Å². The minimum absolute atomic E-state index is 0.130. The van der Waals surface area contributed by atoms with E-state index in [4.69, 9.17) is 0 Å². The van der Waals surface area contributed by atoms with Crippen molar-refractivity contribution in [2.45, 2.75) is 19.4 Å². The van der Waals surface area contributed by atoms with Gasteiger partial charge in [0.05, 0.1) is 25.2 Å². The van der Waals surface area contributed by atoms with Crippen molar-refractivity contribution in [1.82, 2.24) is 14.9 Å². The molecule has 0 atom stereocenters. The molecule has 7 nitrogen and oxygen atoms in total. The molecule has 1 amide bonds. The Hall–Kier alpha value is -2.22. The van der Waals surface area contributed by atoms with Crippen LogP contribution in [0, 0.1) is 0 Å². The van der Waals surface area contributed by atoms with E-state index in [9.17, 15) is 14.4 Å². The van der Waals surface area contributed by atoms with Crippen LogP contribution < -0.4 is 10.9 Å². The van der Waals surface area contributed by atoms with Crippen molar-refractivity contribution in [3.05, 3.63) is 28.1 Å². The molecule has 0 radical (unpaired) electrons. The van der Waals surface area contributed by atoms with Crippen molar-refractivity contribution < 1.29 is 14.3 Å². The van der Waals surface area contributed by atoms with E-state index >= 15 is 0 Å². The highest BCUT2D eigenvalue weighted by Gasteiger charge is 2.08. The van der Waals surface area contributed by atoms with E-state index in [2.05, 4.69) is 15.0 Å². The number of amides is 1. The van der Waals surface area contributed by atoms with E-state index in [0.717, 1.165) is 0 Å². The van der Waals surface area contributed by atoms with Gasteiger partial charge in [0.2, 0.25) is 5.91 Å². The van der Waals surface area contributed by atoms with Crippen LogP contribution in [0.1, 0.15) is 12.8 Å². The molecule has 0 saturated heterocycles. The second kappa shape index (κ2) is 6.98. The monoisotopic (exact) mass is 309 g/mol. The van der Waals surface area contributed by atoms with Gasteiger partial charge >= 0.3 is 5.97 Å². The summed E-state index contributed by atoms with van der Waals surface area (Å²) in [6.07, 6.45) is 1.73. The Morgan fingerprint density at radius 2 is 2.24 bits per heavy atom. The zero-order valence-corrected chi connectivity index (χ0v) is 12.3. The highest BCUT2D eigenvalue weighted by Crippen LogP contribution is 2.13. The van der Waals surface area contributed by atoms with Gasteiger partial charge in [0.25, 0.3) is 5.56 Å². The Morgan fingerprint density at radius 3 is 3.00 bits per heavy atom. The first-order valence-electron chi connectivity index (χ1n) is 6.38. The summed E-state index contributed by atoms with van der Waals surface area (Å²) < 4.78 is 5.88. The average molecular weight is 309 g/mol. The Kier molecular flexibility index (Phi) is 5.04. The molecule has 0 aliphatic heterocycles. The third-order valence-corrected chi connectivity index (χ3v) is 3.73. The number of carbonyl (C=O) groups is 2. The number of methoxy groups -OCH3 is 1. The summed E-state index contributed by atoms with van der Waals surface area (Å²) in [4.78, 5) is 39.4. The van der Waals surface area contributed by atoms with Gasteiger partial charge in [-0.05, 0) is 11.4 Å². The van der Waals surface area contributed by atoms with Crippen LogP contribution >= 0.6 is 11.3 Å². The van der Waals surface area contributed by atoms with Gasteiger partial charge < -0.3 is 10.1 Å². The first-order chi connectivity index (χ1) is 10.1. The molecule has 0 aliphatic rings. The van der Waals surface area contributed by atoms with E-state index < -0.39 is 0 Å². The Morgan fingerprint density at radius 1 is 1.43 bits per heavy atom. The predicted octanol–water partition coefficient (Wildman–Crippen LogP) is 0.527. The third kappa shape index (κ3) is 3.88. The van der Waals surface area contributed by atoms with E-state index in [1.54, 1.807) is 6.07 Å². The number of hydrogen-bond donors (Lipinski definition) is 1. The van der Waals surface area contributed by atoms with E-state index in [1.165, 1.54) is 29.3 Å². The minimum Gasteiger partial charge on any atom is -0.469 e. The van der Waals surface area contributed by atoms with Gasteiger partial charge in [-0.25, -0.2) is 4.98 Å². The van der Waals surface area contributed by atoms with Crippen LogP contribution in [0.3, 0.4) is 0 Å². The molecule has 0 aliphatic carbocycles. The predicted molar refractivity (Wildman–Crippen MR) is 78.1 cm³/mol. The van der Waals surface area contributed by atoms with Crippen molar-refractivity contribution in [2.75, 3.05) is 13.7 Å². The number of hydrogen-bond acceptors (Lipinski definition) is 6. The summed E-state index contributed by atoms with van der Waals surface area (Å²) in [5, 5.41) is 4.97. The smallest absolute Gasteiger partial charge is 0.307 e. The zero-order valence-electron chi connectivity index (χ0n) is 11.5. The molecule has 0 bridgehead atoms. The molecule has 2 heterocycles. The first-order valence-corrected chi connectivity index (χ1v) is 7.26. The number of rotatable bonds is 6. The number of thiophene rings is 1. The van der Waals surface area contributed by atoms with Crippen molar-refractivity contribution in [1.29, 1.82) is 0 Å². The molecule has 1 N–H and O–H groups in total. The molecule has 21 heavy (non-hydrogen) atoms. The van der Waals surface area contributed by atoms with Crippen LogP contribution in [0.2, 0.25) is 0 Å². The summed E-state index contributed by atoms with van der Waals surface area (Å²) in [6, 6.07) is 1.72. The molecular formula is C13H15N3O4S. The molecule has 0 aromatic carbocycles. The molecule has 0 spiro atoms. The lowest BCUT2D eigenvalue weighted by molar-refractivity contribution is -0.140. The highest BCUT2D eigenvalue weighted by molar-refractivity contribution is 7.16. The molecule has 0 saturated carbocycles. The van der Waals surface area contributed by atoms with Gasteiger partial charge in [0, 0.05) is 19.5 Å². The topological polar surface area (TPSA) is 90.3 Å². The normalized spacial score (nSPS) is 10.5. The van der Waals surface area contributed by atoms with E-state index in [1.807, 2.05) is 5.38 Å². The highest BCUT2D eigenvalue weighted by atomic mass is 32.1. The number of fused-ring (bicyclic) bond motifs is 1. The lowest BCUT2D eigenvalue weighted by Gasteiger charge is -2.06. The number of nitrogens with zero attached hydrogens (tertiary/aromatic N) is 2. The lowest BCUT2D eigenvalue weighted by atomic mass is 10.3. The van der Waals surface area contributed by atoms with E-state index in [0.29, 0.717) is 10.2 Å². The summed E-state index contributed by atoms with van der Waals surface area (Å²) in [5.41, 5.74) is -0.149. The largest absolute Gasteiger partial charge is 0.469 e. The second-order valence-electron chi connectivity index (χ2n) is 4.31. The molecule has 0 unspecified atom stereocenters. The fourth-order valence-corrected chi connectivity index (χ4v) is 2.49. The number of esters is 1. The third-order valence-electron chi connectivity index (χ3n) is 2.91. The molecule has 0 fully saturated rings. The Labute approximate surface area is 124 Å². The molecule has 2 aromatic heterocycles. The van der Waals surface area contributed by atoms with Crippen molar-refractivity contribution in [3.63, 3.8) is 0 Å². The first kappa shape index (κ1) is 15.2. The van der Waals surface area contributed by atoms with Gasteiger partial charge in [-0.1, -0.05) is 0 Å². The zero-order chi connectivity index (χ0) is 15.2. The SMILES string of the molecule is COC(=O)CCNC(=O)CCn1cnc2sccc2c1=O. The maximum absolute atomic E-state index is 12.1. The minimum atomic E-state index is -0.376. The standard InChI is InChI=1S/C13H15N3O4S/c1-20-11(18)2-5-14-10(17)3-6-16-8-15-12-9(13(16)19)4-7-21-12/h4,7-8H,2-3,5-6H2,1H3,(H,14,17).